The Morgan fingerprint density at radius 1 is 1.67 bits per heavy atom. The van der Waals surface area contributed by atoms with Crippen LogP contribution in [0, 0.1) is 6.92 Å². The molecular weight excluding hydrogens is 234 g/mol. The van der Waals surface area contributed by atoms with E-state index in [-0.39, 0.29) is 6.42 Å². The van der Waals surface area contributed by atoms with E-state index in [1.807, 2.05) is 13.0 Å². The van der Waals surface area contributed by atoms with Crippen molar-refractivity contribution in [1.82, 2.24) is 0 Å². The third-order valence-electron chi connectivity index (χ3n) is 3.20. The summed E-state index contributed by atoms with van der Waals surface area (Å²) in [7, 11) is 1.58. The molecule has 5 nitrogen and oxygen atoms in total. The number of nitrogens with two attached hydrogens (primary N) is 1. The fraction of sp³-hybridized carbons (Fsp3) is 0.462. The van der Waals surface area contributed by atoms with Crippen molar-refractivity contribution in [2.75, 3.05) is 13.7 Å². The Hall–Kier alpha value is -1.75. The Balaban J connectivity index is 2.46. The lowest BCUT2D eigenvalue weighted by Crippen LogP contribution is -2.32. The number of hydrogen-bond donors (Lipinski definition) is 2. The van der Waals surface area contributed by atoms with Gasteiger partial charge in [0, 0.05) is 24.0 Å². The summed E-state index contributed by atoms with van der Waals surface area (Å²) in [4.78, 5) is 10.9. The van der Waals surface area contributed by atoms with Crippen molar-refractivity contribution < 1.29 is 19.4 Å². The largest absolute Gasteiger partial charge is 0.496 e. The lowest BCUT2D eigenvalue weighted by atomic mass is 9.95. The van der Waals surface area contributed by atoms with Gasteiger partial charge in [0.2, 0.25) is 0 Å². The molecule has 1 aliphatic rings. The van der Waals surface area contributed by atoms with Gasteiger partial charge in [-0.2, -0.15) is 0 Å². The highest BCUT2D eigenvalue weighted by molar-refractivity contribution is 5.74. The smallest absolute Gasteiger partial charge is 0.320 e. The van der Waals surface area contributed by atoms with Gasteiger partial charge in [-0.1, -0.05) is 0 Å². The van der Waals surface area contributed by atoms with Gasteiger partial charge in [-0.3, -0.25) is 4.79 Å². The Morgan fingerprint density at radius 3 is 3.00 bits per heavy atom. The average Bonchev–Trinajstić information content (AvgIpc) is 2.76. The van der Waals surface area contributed by atoms with Crippen molar-refractivity contribution in [2.45, 2.75) is 25.8 Å². The fourth-order valence-corrected chi connectivity index (χ4v) is 2.35. The van der Waals surface area contributed by atoms with Gasteiger partial charge in [-0.15, -0.1) is 0 Å². The molecule has 0 saturated heterocycles. The predicted molar refractivity (Wildman–Crippen MR) is 66.2 cm³/mol. The minimum Gasteiger partial charge on any atom is -0.496 e. The summed E-state index contributed by atoms with van der Waals surface area (Å²) in [5, 5.41) is 8.93. The van der Waals surface area contributed by atoms with Gasteiger partial charge in [0.25, 0.3) is 0 Å². The lowest BCUT2D eigenvalue weighted by Gasteiger charge is -2.17. The van der Waals surface area contributed by atoms with Crippen molar-refractivity contribution in [2.24, 2.45) is 5.73 Å². The number of fused-ring (bicyclic) bond motifs is 1. The van der Waals surface area contributed by atoms with Crippen molar-refractivity contribution >= 4 is 5.97 Å². The van der Waals surface area contributed by atoms with Crippen LogP contribution in [0.1, 0.15) is 16.7 Å². The summed E-state index contributed by atoms with van der Waals surface area (Å²) in [6, 6.07) is 1.00. The maximum atomic E-state index is 10.9. The van der Waals surface area contributed by atoms with Crippen LogP contribution in [-0.4, -0.2) is 30.8 Å². The molecule has 2 rings (SSSR count). The van der Waals surface area contributed by atoms with Crippen molar-refractivity contribution in [3.05, 3.63) is 22.8 Å². The summed E-state index contributed by atoms with van der Waals surface area (Å²) in [6.45, 7) is 2.54. The first kappa shape index (κ1) is 12.7. The number of ether oxygens (including phenoxy) is 2. The lowest BCUT2D eigenvalue weighted by molar-refractivity contribution is -0.138. The number of rotatable bonds is 4. The second kappa shape index (κ2) is 4.86. The van der Waals surface area contributed by atoms with E-state index in [4.69, 9.17) is 20.3 Å². The molecule has 1 unspecified atom stereocenters. The van der Waals surface area contributed by atoms with Crippen molar-refractivity contribution in [3.63, 3.8) is 0 Å². The van der Waals surface area contributed by atoms with Gasteiger partial charge in [0.1, 0.15) is 17.5 Å². The Morgan fingerprint density at radius 2 is 2.39 bits per heavy atom. The van der Waals surface area contributed by atoms with Gasteiger partial charge < -0.3 is 20.3 Å². The van der Waals surface area contributed by atoms with Crippen LogP contribution in [0.3, 0.4) is 0 Å². The van der Waals surface area contributed by atoms with E-state index < -0.39 is 12.0 Å². The molecule has 0 radical (unpaired) electrons. The van der Waals surface area contributed by atoms with Crippen LogP contribution >= 0.6 is 0 Å². The number of methoxy groups -OCH3 is 1. The van der Waals surface area contributed by atoms with E-state index in [9.17, 15) is 4.79 Å². The van der Waals surface area contributed by atoms with E-state index >= 15 is 0 Å². The van der Waals surface area contributed by atoms with Crippen LogP contribution in [0.25, 0.3) is 0 Å². The van der Waals surface area contributed by atoms with Gasteiger partial charge >= 0.3 is 5.97 Å². The van der Waals surface area contributed by atoms with E-state index in [1.54, 1.807) is 7.11 Å². The van der Waals surface area contributed by atoms with Crippen LogP contribution in [0.2, 0.25) is 0 Å². The van der Waals surface area contributed by atoms with E-state index in [0.29, 0.717) is 6.61 Å². The van der Waals surface area contributed by atoms with Crippen LogP contribution in [-0.2, 0) is 17.6 Å². The molecule has 0 aliphatic carbocycles. The Bertz CT molecular complexity index is 481. The number of carbonyl (C=O) groups is 1. The zero-order chi connectivity index (χ0) is 13.3. The zero-order valence-corrected chi connectivity index (χ0v) is 10.5. The zero-order valence-electron chi connectivity index (χ0n) is 10.5. The molecule has 1 heterocycles. The number of hydrogen-bond acceptors (Lipinski definition) is 4. The first-order chi connectivity index (χ1) is 8.54. The molecule has 0 spiro atoms. The highest BCUT2D eigenvalue weighted by atomic mass is 16.5. The quantitative estimate of drug-likeness (QED) is 0.830. The normalized spacial score (nSPS) is 14.8. The molecule has 1 aromatic carbocycles. The van der Waals surface area contributed by atoms with E-state index in [1.165, 1.54) is 0 Å². The molecule has 3 N–H and O–H groups in total. The molecule has 5 heteroatoms. The van der Waals surface area contributed by atoms with Crippen LogP contribution < -0.4 is 15.2 Å². The molecule has 0 saturated carbocycles. The summed E-state index contributed by atoms with van der Waals surface area (Å²) in [5.74, 6) is 0.531. The summed E-state index contributed by atoms with van der Waals surface area (Å²) < 4.78 is 10.9. The standard InChI is InChI=1S/C13H17NO4/c1-7-5-11-8(3-4-18-11)9(12(7)17-2)6-10(14)13(15)16/h5,10H,3-4,6,14H2,1-2H3,(H,15,16). The molecule has 0 amide bonds. The van der Waals surface area contributed by atoms with Gasteiger partial charge in [-0.25, -0.2) is 0 Å². The minimum atomic E-state index is -1.01. The molecule has 1 aromatic rings. The highest BCUT2D eigenvalue weighted by Crippen LogP contribution is 2.37. The number of benzene rings is 1. The number of carboxylic acids is 1. The highest BCUT2D eigenvalue weighted by Gasteiger charge is 2.25. The Labute approximate surface area is 106 Å². The second-order valence-corrected chi connectivity index (χ2v) is 4.43. The van der Waals surface area contributed by atoms with Gasteiger partial charge in [0.15, 0.2) is 0 Å². The van der Waals surface area contributed by atoms with Crippen molar-refractivity contribution in [1.29, 1.82) is 0 Å². The molecule has 0 fully saturated rings. The summed E-state index contributed by atoms with van der Waals surface area (Å²) in [6.07, 6.45) is 1.03. The van der Waals surface area contributed by atoms with Gasteiger partial charge in [0.05, 0.1) is 13.7 Å². The number of aryl methyl sites for hydroxylation is 1. The molecule has 18 heavy (non-hydrogen) atoms. The van der Waals surface area contributed by atoms with Crippen LogP contribution in [0.15, 0.2) is 6.07 Å². The first-order valence-electron chi connectivity index (χ1n) is 5.85. The molecule has 98 valence electrons. The average molecular weight is 251 g/mol. The van der Waals surface area contributed by atoms with E-state index in [2.05, 4.69) is 0 Å². The number of aliphatic carboxylic acids is 1. The molecule has 1 atom stereocenters. The van der Waals surface area contributed by atoms with Crippen LogP contribution in [0.5, 0.6) is 11.5 Å². The third-order valence-corrected chi connectivity index (χ3v) is 3.20. The SMILES string of the molecule is COc1c(C)cc2c(c1CC(N)C(=O)O)CCO2. The Kier molecular flexibility index (Phi) is 3.43. The molecular formula is C13H17NO4. The van der Waals surface area contributed by atoms with Crippen LogP contribution in [0.4, 0.5) is 0 Å². The molecule has 1 aliphatic heterocycles. The summed E-state index contributed by atoms with van der Waals surface area (Å²) >= 11 is 0. The van der Waals surface area contributed by atoms with E-state index in [0.717, 1.165) is 34.6 Å². The minimum absolute atomic E-state index is 0.256. The fourth-order valence-electron chi connectivity index (χ4n) is 2.35. The maximum Gasteiger partial charge on any atom is 0.320 e. The second-order valence-electron chi connectivity index (χ2n) is 4.43. The first-order valence-corrected chi connectivity index (χ1v) is 5.85. The topological polar surface area (TPSA) is 81.8 Å². The summed E-state index contributed by atoms with van der Waals surface area (Å²) in [5.41, 5.74) is 8.44. The number of carboxylic acid groups (broad SMARTS) is 1. The van der Waals surface area contributed by atoms with Gasteiger partial charge in [-0.05, 0) is 18.6 Å². The maximum absolute atomic E-state index is 10.9. The predicted octanol–water partition coefficient (Wildman–Crippen LogP) is 0.893. The molecule has 0 bridgehead atoms. The monoisotopic (exact) mass is 251 g/mol. The molecule has 0 aromatic heterocycles. The van der Waals surface area contributed by atoms with Crippen molar-refractivity contribution in [3.8, 4) is 11.5 Å². The third kappa shape index (κ3) is 2.13.